The number of nitrogens with two attached hydrogens (primary N) is 1. The number of fused-ring (bicyclic) bond motifs is 1. The first kappa shape index (κ1) is 10.4. The fraction of sp³-hybridized carbons (Fsp3) is 0.167. The smallest absolute Gasteiger partial charge is 0.337 e. The van der Waals surface area contributed by atoms with Crippen molar-refractivity contribution >= 4 is 22.7 Å². The summed E-state index contributed by atoms with van der Waals surface area (Å²) in [6, 6.07) is 7.10. The van der Waals surface area contributed by atoms with E-state index in [1.54, 1.807) is 18.2 Å². The lowest BCUT2D eigenvalue weighted by atomic mass is 10.1. The van der Waals surface area contributed by atoms with Gasteiger partial charge in [0.2, 0.25) is 0 Å². The number of carbonyl (C=O) groups is 1. The number of nitrogens with zero attached hydrogens (tertiary/aromatic N) is 1. The minimum Gasteiger partial charge on any atom is -0.465 e. The average molecular weight is 216 g/mol. The van der Waals surface area contributed by atoms with E-state index in [1.165, 1.54) is 7.11 Å². The number of rotatable bonds is 1. The van der Waals surface area contributed by atoms with Crippen LogP contribution in [0.5, 0.6) is 0 Å². The van der Waals surface area contributed by atoms with E-state index < -0.39 is 0 Å². The Morgan fingerprint density at radius 1 is 1.38 bits per heavy atom. The van der Waals surface area contributed by atoms with Gasteiger partial charge in [-0.05, 0) is 36.8 Å². The van der Waals surface area contributed by atoms with E-state index in [0.717, 1.165) is 16.5 Å². The quantitative estimate of drug-likeness (QED) is 0.739. The third-order valence-electron chi connectivity index (χ3n) is 2.47. The molecule has 2 rings (SSSR count). The van der Waals surface area contributed by atoms with E-state index in [4.69, 9.17) is 5.73 Å². The zero-order chi connectivity index (χ0) is 11.7. The van der Waals surface area contributed by atoms with Crippen LogP contribution in [-0.2, 0) is 4.74 Å². The predicted molar refractivity (Wildman–Crippen MR) is 62.2 cm³/mol. The van der Waals surface area contributed by atoms with Crippen molar-refractivity contribution in [2.75, 3.05) is 12.8 Å². The summed E-state index contributed by atoms with van der Waals surface area (Å²) < 4.78 is 4.66. The summed E-state index contributed by atoms with van der Waals surface area (Å²) in [4.78, 5) is 15.6. The van der Waals surface area contributed by atoms with Crippen molar-refractivity contribution in [3.05, 3.63) is 35.4 Å². The Hall–Kier alpha value is -2.10. The number of nitrogen functional groups attached to an aromatic ring is 1. The molecule has 0 atom stereocenters. The van der Waals surface area contributed by atoms with Gasteiger partial charge in [-0.2, -0.15) is 0 Å². The lowest BCUT2D eigenvalue weighted by Gasteiger charge is -2.04. The Labute approximate surface area is 93.0 Å². The normalized spacial score (nSPS) is 10.4. The molecule has 1 aromatic carbocycles. The van der Waals surface area contributed by atoms with Gasteiger partial charge in [0, 0.05) is 5.39 Å². The summed E-state index contributed by atoms with van der Waals surface area (Å²) in [5.74, 6) is 0.162. The molecule has 0 bridgehead atoms. The van der Waals surface area contributed by atoms with E-state index in [1.807, 2.05) is 13.0 Å². The molecule has 0 radical (unpaired) electrons. The van der Waals surface area contributed by atoms with Gasteiger partial charge in [-0.3, -0.25) is 0 Å². The van der Waals surface area contributed by atoms with Crippen molar-refractivity contribution < 1.29 is 9.53 Å². The lowest BCUT2D eigenvalue weighted by Crippen LogP contribution is -2.01. The Bertz CT molecular complexity index is 564. The Kier molecular flexibility index (Phi) is 2.48. The number of pyridine rings is 1. The third-order valence-corrected chi connectivity index (χ3v) is 2.47. The minimum atomic E-state index is -0.351. The van der Waals surface area contributed by atoms with Crippen LogP contribution in [0.25, 0.3) is 10.9 Å². The maximum absolute atomic E-state index is 11.3. The molecule has 0 fully saturated rings. The van der Waals surface area contributed by atoms with Crippen LogP contribution in [0, 0.1) is 6.92 Å². The highest BCUT2D eigenvalue weighted by Gasteiger charge is 2.07. The zero-order valence-corrected chi connectivity index (χ0v) is 9.15. The van der Waals surface area contributed by atoms with Gasteiger partial charge in [0.05, 0.1) is 18.2 Å². The maximum atomic E-state index is 11.3. The first-order valence-electron chi connectivity index (χ1n) is 4.87. The molecular weight excluding hydrogens is 204 g/mol. The van der Waals surface area contributed by atoms with E-state index in [2.05, 4.69) is 9.72 Å². The van der Waals surface area contributed by atoms with E-state index in [-0.39, 0.29) is 5.97 Å². The molecule has 0 aliphatic heterocycles. The lowest BCUT2D eigenvalue weighted by molar-refractivity contribution is 0.0601. The number of hydrogen-bond donors (Lipinski definition) is 1. The average Bonchev–Trinajstić information content (AvgIpc) is 2.29. The highest BCUT2D eigenvalue weighted by atomic mass is 16.5. The largest absolute Gasteiger partial charge is 0.465 e. The molecule has 0 amide bonds. The highest BCUT2D eigenvalue weighted by molar-refractivity contribution is 5.94. The van der Waals surface area contributed by atoms with Crippen LogP contribution < -0.4 is 5.73 Å². The van der Waals surface area contributed by atoms with Gasteiger partial charge in [0.1, 0.15) is 5.82 Å². The van der Waals surface area contributed by atoms with E-state index in [9.17, 15) is 4.79 Å². The number of ether oxygens (including phenoxy) is 1. The molecule has 16 heavy (non-hydrogen) atoms. The van der Waals surface area contributed by atoms with Gasteiger partial charge >= 0.3 is 5.97 Å². The summed E-state index contributed by atoms with van der Waals surface area (Å²) >= 11 is 0. The maximum Gasteiger partial charge on any atom is 0.337 e. The van der Waals surface area contributed by atoms with Crippen LogP contribution in [0.15, 0.2) is 24.3 Å². The number of hydrogen-bond acceptors (Lipinski definition) is 4. The number of benzene rings is 1. The number of esters is 1. The summed E-state index contributed by atoms with van der Waals surface area (Å²) in [6.07, 6.45) is 0. The second-order valence-corrected chi connectivity index (χ2v) is 3.59. The molecule has 1 aromatic heterocycles. The van der Waals surface area contributed by atoms with E-state index >= 15 is 0 Å². The van der Waals surface area contributed by atoms with Gasteiger partial charge in [-0.15, -0.1) is 0 Å². The Balaban J connectivity index is 2.62. The second-order valence-electron chi connectivity index (χ2n) is 3.59. The van der Waals surface area contributed by atoms with Crippen LogP contribution in [-0.4, -0.2) is 18.1 Å². The van der Waals surface area contributed by atoms with Crippen LogP contribution >= 0.6 is 0 Å². The van der Waals surface area contributed by atoms with Crippen molar-refractivity contribution in [3.63, 3.8) is 0 Å². The SMILES string of the molecule is COC(=O)c1ccc2nc(N)c(C)cc2c1. The van der Waals surface area contributed by atoms with Crippen LogP contribution in [0.3, 0.4) is 0 Å². The molecule has 4 nitrogen and oxygen atoms in total. The Morgan fingerprint density at radius 2 is 2.12 bits per heavy atom. The molecule has 0 unspecified atom stereocenters. The Morgan fingerprint density at radius 3 is 2.81 bits per heavy atom. The molecular formula is C12H12N2O2. The van der Waals surface area contributed by atoms with Crippen LogP contribution in [0.4, 0.5) is 5.82 Å². The van der Waals surface area contributed by atoms with Gasteiger partial charge < -0.3 is 10.5 Å². The van der Waals surface area contributed by atoms with Gasteiger partial charge in [-0.1, -0.05) is 0 Å². The van der Waals surface area contributed by atoms with Crippen LogP contribution in [0.2, 0.25) is 0 Å². The number of aromatic nitrogens is 1. The first-order chi connectivity index (χ1) is 7.61. The molecule has 82 valence electrons. The molecule has 4 heteroatoms. The monoisotopic (exact) mass is 216 g/mol. The molecule has 2 N–H and O–H groups in total. The topological polar surface area (TPSA) is 65.2 Å². The van der Waals surface area contributed by atoms with Crippen LogP contribution in [0.1, 0.15) is 15.9 Å². The second kappa shape index (κ2) is 3.81. The van der Waals surface area contributed by atoms with Crippen molar-refractivity contribution in [2.24, 2.45) is 0 Å². The third kappa shape index (κ3) is 1.69. The zero-order valence-electron chi connectivity index (χ0n) is 9.15. The molecule has 2 aromatic rings. The minimum absolute atomic E-state index is 0.351. The highest BCUT2D eigenvalue weighted by Crippen LogP contribution is 2.19. The number of anilines is 1. The summed E-state index contributed by atoms with van der Waals surface area (Å²) in [7, 11) is 1.36. The molecule has 0 aliphatic rings. The number of carbonyl (C=O) groups excluding carboxylic acids is 1. The first-order valence-corrected chi connectivity index (χ1v) is 4.87. The van der Waals surface area contributed by atoms with Crippen molar-refractivity contribution in [1.82, 2.24) is 4.98 Å². The van der Waals surface area contributed by atoms with Gasteiger partial charge in [0.15, 0.2) is 0 Å². The molecule has 0 saturated heterocycles. The fourth-order valence-corrected chi connectivity index (χ4v) is 1.54. The van der Waals surface area contributed by atoms with Gasteiger partial charge in [0.25, 0.3) is 0 Å². The standard InChI is InChI=1S/C12H12N2O2/c1-7-5-9-6-8(12(15)16-2)3-4-10(9)14-11(7)13/h3-6H,1-2H3,(H2,13,14). The molecule has 0 spiro atoms. The fourth-order valence-electron chi connectivity index (χ4n) is 1.54. The molecule has 1 heterocycles. The van der Waals surface area contributed by atoms with Crippen molar-refractivity contribution in [1.29, 1.82) is 0 Å². The summed E-state index contributed by atoms with van der Waals surface area (Å²) in [5.41, 5.74) is 7.89. The number of aryl methyl sites for hydroxylation is 1. The molecule has 0 aliphatic carbocycles. The molecule has 0 saturated carbocycles. The number of methoxy groups -OCH3 is 1. The summed E-state index contributed by atoms with van der Waals surface area (Å²) in [5, 5.41) is 0.884. The van der Waals surface area contributed by atoms with Crippen molar-refractivity contribution in [3.8, 4) is 0 Å². The predicted octanol–water partition coefficient (Wildman–Crippen LogP) is 1.91. The summed E-state index contributed by atoms with van der Waals surface area (Å²) in [6.45, 7) is 1.88. The van der Waals surface area contributed by atoms with Crippen molar-refractivity contribution in [2.45, 2.75) is 6.92 Å². The van der Waals surface area contributed by atoms with Gasteiger partial charge in [-0.25, -0.2) is 9.78 Å². The van der Waals surface area contributed by atoms with E-state index in [0.29, 0.717) is 11.4 Å².